The molecule has 1 atom stereocenters. The number of carbonyl (C=O) groups is 1. The molecular formula is C20H21F6N7O. The minimum absolute atomic E-state index is 0.0920. The summed E-state index contributed by atoms with van der Waals surface area (Å²) in [6.07, 6.45) is -4.00. The van der Waals surface area contributed by atoms with E-state index in [2.05, 4.69) is 32.2 Å². The van der Waals surface area contributed by atoms with E-state index in [0.29, 0.717) is 12.4 Å². The number of hydrogen-bond acceptors (Lipinski definition) is 6. The van der Waals surface area contributed by atoms with E-state index in [-0.39, 0.29) is 24.5 Å². The number of alkyl halides is 5. The molecule has 0 saturated carbocycles. The number of benzene rings is 1. The minimum Gasteiger partial charge on any atom is -0.329 e. The molecular weight excluding hydrogens is 468 g/mol. The molecule has 1 N–H and O–H groups in total. The van der Waals surface area contributed by atoms with E-state index in [9.17, 15) is 31.1 Å². The van der Waals surface area contributed by atoms with Crippen molar-refractivity contribution in [1.82, 2.24) is 25.2 Å². The average Bonchev–Trinajstić information content (AvgIpc) is 3.29. The Balaban J connectivity index is 2.15. The molecule has 0 aliphatic rings. The molecule has 0 saturated heterocycles. The number of aliphatic imine (C=N–C) groups is 2. The van der Waals surface area contributed by atoms with Crippen LogP contribution in [-0.2, 0) is 0 Å². The van der Waals surface area contributed by atoms with Gasteiger partial charge in [0.1, 0.15) is 5.69 Å². The second-order valence-corrected chi connectivity index (χ2v) is 6.84. The first-order valence-corrected chi connectivity index (χ1v) is 9.74. The Labute approximate surface area is 190 Å². The summed E-state index contributed by atoms with van der Waals surface area (Å²) in [6.45, 7) is 3.06. The summed E-state index contributed by atoms with van der Waals surface area (Å²) in [5, 5.41) is 10.3. The largest absolute Gasteiger partial charge is 0.419 e. The summed E-state index contributed by atoms with van der Waals surface area (Å²) >= 11 is 0. The summed E-state index contributed by atoms with van der Waals surface area (Å²) < 4.78 is 79.2. The van der Waals surface area contributed by atoms with E-state index in [1.54, 1.807) is 0 Å². The van der Waals surface area contributed by atoms with Gasteiger partial charge >= 0.3 is 6.18 Å². The zero-order valence-corrected chi connectivity index (χ0v) is 17.9. The van der Waals surface area contributed by atoms with Gasteiger partial charge in [0.25, 0.3) is 12.3 Å². The van der Waals surface area contributed by atoms with Crippen molar-refractivity contribution in [2.75, 3.05) is 19.8 Å². The number of para-hydroxylation sites is 1. The molecule has 8 nitrogen and oxygen atoms in total. The Hall–Kier alpha value is -3.55. The first-order chi connectivity index (χ1) is 16.1. The van der Waals surface area contributed by atoms with Crippen LogP contribution in [0.1, 0.15) is 17.3 Å². The predicted octanol–water partition coefficient (Wildman–Crippen LogP) is 3.27. The van der Waals surface area contributed by atoms with Crippen molar-refractivity contribution in [3.8, 4) is 5.69 Å². The summed E-state index contributed by atoms with van der Waals surface area (Å²) in [4.78, 5) is 21.4. The van der Waals surface area contributed by atoms with Crippen LogP contribution in [0.25, 0.3) is 5.69 Å². The fraction of sp³-hybridized carbons (Fsp3) is 0.350. The quantitative estimate of drug-likeness (QED) is 0.298. The van der Waals surface area contributed by atoms with Gasteiger partial charge in [0.15, 0.2) is 5.82 Å². The van der Waals surface area contributed by atoms with Gasteiger partial charge in [-0.3, -0.25) is 20.1 Å². The number of amides is 1. The highest BCUT2D eigenvalue weighted by Gasteiger charge is 2.32. The topological polar surface area (TPSA) is 87.8 Å². The van der Waals surface area contributed by atoms with E-state index in [1.165, 1.54) is 31.5 Å². The number of allylic oxidation sites excluding steroid dienone is 1. The van der Waals surface area contributed by atoms with E-state index >= 15 is 0 Å². The van der Waals surface area contributed by atoms with Gasteiger partial charge in [0, 0.05) is 25.0 Å². The first kappa shape index (κ1) is 26.7. The zero-order chi connectivity index (χ0) is 25.3. The Morgan fingerprint density at radius 3 is 2.56 bits per heavy atom. The fourth-order valence-corrected chi connectivity index (χ4v) is 2.86. The normalized spacial score (nSPS) is 13.5. The van der Waals surface area contributed by atoms with Crippen LogP contribution in [0.5, 0.6) is 0 Å². The molecule has 1 heterocycles. The summed E-state index contributed by atoms with van der Waals surface area (Å²) in [7, 11) is 0. The second-order valence-electron chi connectivity index (χ2n) is 6.84. The monoisotopic (exact) mass is 489 g/mol. The molecule has 2 aromatic rings. The molecule has 0 unspecified atom stereocenters. The maximum absolute atomic E-state index is 14.4. The molecule has 14 heteroatoms. The van der Waals surface area contributed by atoms with Gasteiger partial charge in [0.05, 0.1) is 36.7 Å². The van der Waals surface area contributed by atoms with Crippen molar-refractivity contribution in [3.63, 3.8) is 0 Å². The van der Waals surface area contributed by atoms with Gasteiger partial charge in [-0.25, -0.2) is 13.2 Å². The van der Waals surface area contributed by atoms with Crippen LogP contribution in [0.4, 0.5) is 26.3 Å². The van der Waals surface area contributed by atoms with Gasteiger partial charge in [-0.2, -0.15) is 23.4 Å². The average molecular weight is 489 g/mol. The lowest BCUT2D eigenvalue weighted by atomic mass is 10.1. The van der Waals surface area contributed by atoms with Gasteiger partial charge in [-0.05, 0) is 25.8 Å². The molecule has 34 heavy (non-hydrogen) atoms. The highest BCUT2D eigenvalue weighted by molar-refractivity contribution is 5.98. The third-order valence-corrected chi connectivity index (χ3v) is 4.39. The molecule has 0 fully saturated rings. The minimum atomic E-state index is -4.68. The molecule has 1 amide bonds. The predicted molar refractivity (Wildman–Crippen MR) is 113 cm³/mol. The number of nitrogens with one attached hydrogen (secondary N) is 1. The van der Waals surface area contributed by atoms with Crippen molar-refractivity contribution in [2.45, 2.75) is 25.6 Å². The van der Waals surface area contributed by atoms with E-state index < -0.39 is 42.5 Å². The van der Waals surface area contributed by atoms with Crippen LogP contribution >= 0.6 is 0 Å². The van der Waals surface area contributed by atoms with E-state index in [4.69, 9.17) is 0 Å². The lowest BCUT2D eigenvalue weighted by molar-refractivity contribution is -0.0857. The van der Waals surface area contributed by atoms with Crippen LogP contribution in [0.15, 0.2) is 52.4 Å². The van der Waals surface area contributed by atoms with Gasteiger partial charge in [-0.15, -0.1) is 4.80 Å². The third kappa shape index (κ3) is 7.23. The Kier molecular flexibility index (Phi) is 9.47. The van der Waals surface area contributed by atoms with Gasteiger partial charge < -0.3 is 4.90 Å². The van der Waals surface area contributed by atoms with Crippen molar-refractivity contribution in [2.24, 2.45) is 9.98 Å². The number of rotatable bonds is 11. The van der Waals surface area contributed by atoms with E-state index in [0.717, 1.165) is 15.8 Å². The van der Waals surface area contributed by atoms with Crippen molar-refractivity contribution in [1.29, 1.82) is 0 Å². The molecule has 0 bridgehead atoms. The van der Waals surface area contributed by atoms with Gasteiger partial charge in [0.2, 0.25) is 0 Å². The number of nitrogens with zero attached hydrogens (tertiary/aromatic N) is 6. The molecule has 0 radical (unpaired) electrons. The smallest absolute Gasteiger partial charge is 0.329 e. The van der Waals surface area contributed by atoms with Crippen LogP contribution < -0.4 is 5.32 Å². The van der Waals surface area contributed by atoms with Crippen molar-refractivity contribution >= 4 is 18.8 Å². The van der Waals surface area contributed by atoms with Crippen LogP contribution in [-0.4, -0.2) is 77.1 Å². The number of aromatic nitrogens is 3. The lowest BCUT2D eigenvalue weighted by Crippen LogP contribution is -2.46. The maximum Gasteiger partial charge on any atom is 0.419 e. The molecule has 1 aromatic carbocycles. The standard InChI is InChI=1S/C20H21F6N7O/c1-13(8-28-12-29-10-14(9-27-2)20(24,25)26)32(11-17(22)23)19(34)15-4-3-5-16(21)18(15)33-30-6-7-31-33/h3-7,9-10,13,17,28H,2,8,11-12H2,1H3/b14-9+,29-10?/t13-/m0/s1. The van der Waals surface area contributed by atoms with Crippen LogP contribution in [0.3, 0.4) is 0 Å². The lowest BCUT2D eigenvalue weighted by Gasteiger charge is -2.29. The molecule has 0 aliphatic heterocycles. The summed E-state index contributed by atoms with van der Waals surface area (Å²) in [6, 6.07) is 2.72. The van der Waals surface area contributed by atoms with Crippen molar-refractivity contribution in [3.05, 3.63) is 53.7 Å². The second kappa shape index (κ2) is 12.1. The molecule has 2 rings (SSSR count). The Bertz CT molecular complexity index is 1020. The molecule has 1 aromatic heterocycles. The number of carbonyl (C=O) groups excluding carboxylic acids is 1. The highest BCUT2D eigenvalue weighted by Crippen LogP contribution is 2.24. The first-order valence-electron chi connectivity index (χ1n) is 9.74. The van der Waals surface area contributed by atoms with Gasteiger partial charge in [-0.1, -0.05) is 6.07 Å². The van der Waals surface area contributed by atoms with Crippen molar-refractivity contribution < 1.29 is 31.1 Å². The fourth-order valence-electron chi connectivity index (χ4n) is 2.86. The highest BCUT2D eigenvalue weighted by atomic mass is 19.4. The number of hydrogen-bond donors (Lipinski definition) is 1. The van der Waals surface area contributed by atoms with Crippen LogP contribution in [0, 0.1) is 5.82 Å². The number of halogens is 6. The Morgan fingerprint density at radius 1 is 1.29 bits per heavy atom. The summed E-state index contributed by atoms with van der Waals surface area (Å²) in [5.41, 5.74) is -1.67. The Morgan fingerprint density at radius 2 is 1.97 bits per heavy atom. The molecule has 0 spiro atoms. The molecule has 0 aliphatic carbocycles. The summed E-state index contributed by atoms with van der Waals surface area (Å²) in [5.74, 6) is -1.73. The van der Waals surface area contributed by atoms with Crippen LogP contribution in [0.2, 0.25) is 0 Å². The SMILES string of the molecule is C=N/C=C(\C=NCNC[C@H](C)N(CC(F)F)C(=O)c1cccc(F)c1-n1nccn1)C(F)(F)F. The molecule has 184 valence electrons. The van der Waals surface area contributed by atoms with E-state index in [1.807, 2.05) is 0 Å². The zero-order valence-electron chi connectivity index (χ0n) is 17.9. The third-order valence-electron chi connectivity index (χ3n) is 4.39. The maximum atomic E-state index is 14.4.